The molecular formula is C11H13F2NO2. The number of hydrogen-bond acceptors (Lipinski definition) is 3. The first kappa shape index (κ1) is 12.6. The van der Waals surface area contributed by atoms with Crippen molar-refractivity contribution in [2.45, 2.75) is 19.5 Å². The Morgan fingerprint density at radius 3 is 2.75 bits per heavy atom. The fourth-order valence-corrected chi connectivity index (χ4v) is 1.19. The summed E-state index contributed by atoms with van der Waals surface area (Å²) in [7, 11) is 1.28. The SMILES string of the molecule is COC(=O)C(C)NCc1ccc(F)cc1F. The van der Waals surface area contributed by atoms with Crippen molar-refractivity contribution in [1.29, 1.82) is 0 Å². The molecule has 1 unspecified atom stereocenters. The zero-order valence-corrected chi connectivity index (χ0v) is 9.09. The van der Waals surface area contributed by atoms with Crippen molar-refractivity contribution in [3.63, 3.8) is 0 Å². The summed E-state index contributed by atoms with van der Waals surface area (Å²) in [4.78, 5) is 11.0. The van der Waals surface area contributed by atoms with Crippen LogP contribution in [0.2, 0.25) is 0 Å². The molecule has 0 aliphatic carbocycles. The Morgan fingerprint density at radius 1 is 1.50 bits per heavy atom. The molecule has 1 atom stereocenters. The number of esters is 1. The Hall–Kier alpha value is -1.49. The van der Waals surface area contributed by atoms with Crippen LogP contribution in [0, 0.1) is 11.6 Å². The fourth-order valence-electron chi connectivity index (χ4n) is 1.19. The van der Waals surface area contributed by atoms with E-state index in [9.17, 15) is 13.6 Å². The maximum Gasteiger partial charge on any atom is 0.322 e. The van der Waals surface area contributed by atoms with E-state index in [1.54, 1.807) is 6.92 Å². The van der Waals surface area contributed by atoms with Crippen LogP contribution in [-0.2, 0) is 16.1 Å². The molecule has 88 valence electrons. The minimum absolute atomic E-state index is 0.141. The van der Waals surface area contributed by atoms with Gasteiger partial charge in [-0.15, -0.1) is 0 Å². The van der Waals surface area contributed by atoms with Crippen LogP contribution in [-0.4, -0.2) is 19.1 Å². The molecule has 0 heterocycles. The number of halogens is 2. The Labute approximate surface area is 92.4 Å². The molecule has 0 saturated carbocycles. The maximum atomic E-state index is 13.2. The van der Waals surface area contributed by atoms with E-state index >= 15 is 0 Å². The van der Waals surface area contributed by atoms with Gasteiger partial charge in [0.05, 0.1) is 7.11 Å². The van der Waals surface area contributed by atoms with Gasteiger partial charge in [-0.25, -0.2) is 8.78 Å². The van der Waals surface area contributed by atoms with Crippen LogP contribution < -0.4 is 5.32 Å². The van der Waals surface area contributed by atoms with Gasteiger partial charge in [0.1, 0.15) is 17.7 Å². The largest absolute Gasteiger partial charge is 0.468 e. The zero-order valence-electron chi connectivity index (χ0n) is 9.09. The third-order valence-electron chi connectivity index (χ3n) is 2.17. The summed E-state index contributed by atoms with van der Waals surface area (Å²) in [6, 6.07) is 2.78. The normalized spacial score (nSPS) is 12.2. The smallest absolute Gasteiger partial charge is 0.322 e. The average Bonchev–Trinajstić information content (AvgIpc) is 2.26. The van der Waals surface area contributed by atoms with Gasteiger partial charge in [0, 0.05) is 18.2 Å². The first-order valence-corrected chi connectivity index (χ1v) is 4.79. The number of nitrogens with one attached hydrogen (secondary N) is 1. The second kappa shape index (κ2) is 5.55. The van der Waals surface area contributed by atoms with Crippen molar-refractivity contribution in [2.75, 3.05) is 7.11 Å². The predicted octanol–water partition coefficient (Wildman–Crippen LogP) is 1.62. The highest BCUT2D eigenvalue weighted by Crippen LogP contribution is 2.09. The molecule has 0 amide bonds. The number of carbonyl (C=O) groups excluding carboxylic acids is 1. The third-order valence-corrected chi connectivity index (χ3v) is 2.17. The molecule has 1 aromatic rings. The maximum absolute atomic E-state index is 13.2. The quantitative estimate of drug-likeness (QED) is 0.797. The lowest BCUT2D eigenvalue weighted by Gasteiger charge is -2.11. The van der Waals surface area contributed by atoms with E-state index in [0.29, 0.717) is 5.56 Å². The molecule has 16 heavy (non-hydrogen) atoms. The highest BCUT2D eigenvalue weighted by atomic mass is 19.1. The van der Waals surface area contributed by atoms with Crippen molar-refractivity contribution in [2.24, 2.45) is 0 Å². The first-order valence-electron chi connectivity index (χ1n) is 4.79. The summed E-state index contributed by atoms with van der Waals surface area (Å²) in [6.07, 6.45) is 0. The van der Waals surface area contributed by atoms with Gasteiger partial charge >= 0.3 is 5.97 Å². The number of rotatable bonds is 4. The number of ether oxygens (including phenoxy) is 1. The molecule has 5 heteroatoms. The van der Waals surface area contributed by atoms with Crippen LogP contribution in [0.4, 0.5) is 8.78 Å². The van der Waals surface area contributed by atoms with E-state index in [0.717, 1.165) is 6.07 Å². The fraction of sp³-hybridized carbons (Fsp3) is 0.364. The Balaban J connectivity index is 2.58. The minimum atomic E-state index is -0.635. The summed E-state index contributed by atoms with van der Waals surface area (Å²) in [5, 5.41) is 2.77. The average molecular weight is 229 g/mol. The third kappa shape index (κ3) is 3.27. The Bertz CT molecular complexity index is 382. The highest BCUT2D eigenvalue weighted by molar-refractivity contribution is 5.75. The van der Waals surface area contributed by atoms with Crippen molar-refractivity contribution in [3.05, 3.63) is 35.4 Å². The van der Waals surface area contributed by atoms with Gasteiger partial charge in [0.25, 0.3) is 0 Å². The predicted molar refractivity (Wildman–Crippen MR) is 54.7 cm³/mol. The van der Waals surface area contributed by atoms with Gasteiger partial charge in [0.15, 0.2) is 0 Å². The summed E-state index contributed by atoms with van der Waals surface area (Å²) in [5.74, 6) is -1.69. The van der Waals surface area contributed by atoms with Crippen LogP contribution in [0.3, 0.4) is 0 Å². The van der Waals surface area contributed by atoms with Gasteiger partial charge in [-0.2, -0.15) is 0 Å². The molecule has 0 fully saturated rings. The second-order valence-corrected chi connectivity index (χ2v) is 3.36. The number of carbonyl (C=O) groups is 1. The van der Waals surface area contributed by atoms with Crippen LogP contribution >= 0.6 is 0 Å². The van der Waals surface area contributed by atoms with E-state index in [2.05, 4.69) is 10.1 Å². The summed E-state index contributed by atoms with van der Waals surface area (Å²) in [5.41, 5.74) is 0.303. The summed E-state index contributed by atoms with van der Waals surface area (Å²) in [6.45, 7) is 1.75. The lowest BCUT2D eigenvalue weighted by molar-refractivity contribution is -0.142. The van der Waals surface area contributed by atoms with Gasteiger partial charge in [-0.3, -0.25) is 4.79 Å². The molecule has 1 aromatic carbocycles. The molecule has 0 radical (unpaired) electrons. The lowest BCUT2D eigenvalue weighted by atomic mass is 10.2. The van der Waals surface area contributed by atoms with E-state index < -0.39 is 23.6 Å². The van der Waals surface area contributed by atoms with Gasteiger partial charge < -0.3 is 10.1 Å². The van der Waals surface area contributed by atoms with Crippen LogP contribution in [0.1, 0.15) is 12.5 Å². The molecule has 0 aliphatic rings. The zero-order chi connectivity index (χ0) is 12.1. The Kier molecular flexibility index (Phi) is 4.37. The second-order valence-electron chi connectivity index (χ2n) is 3.36. The molecule has 0 saturated heterocycles. The number of hydrogen-bond donors (Lipinski definition) is 1. The summed E-state index contributed by atoms with van der Waals surface area (Å²) >= 11 is 0. The standard InChI is InChI=1S/C11H13F2NO2/c1-7(11(15)16-2)14-6-8-3-4-9(12)5-10(8)13/h3-5,7,14H,6H2,1-2H3. The minimum Gasteiger partial charge on any atom is -0.468 e. The molecule has 3 nitrogen and oxygen atoms in total. The molecule has 0 aliphatic heterocycles. The molecule has 0 bridgehead atoms. The van der Waals surface area contributed by atoms with Gasteiger partial charge in [0.2, 0.25) is 0 Å². The van der Waals surface area contributed by atoms with Crippen molar-refractivity contribution in [3.8, 4) is 0 Å². The molecule has 1 N–H and O–H groups in total. The van der Waals surface area contributed by atoms with Crippen molar-refractivity contribution in [1.82, 2.24) is 5.32 Å². The van der Waals surface area contributed by atoms with E-state index in [4.69, 9.17) is 0 Å². The topological polar surface area (TPSA) is 38.3 Å². The van der Waals surface area contributed by atoms with Gasteiger partial charge in [-0.1, -0.05) is 6.07 Å². The number of benzene rings is 1. The van der Waals surface area contributed by atoms with E-state index in [-0.39, 0.29) is 6.54 Å². The first-order chi connectivity index (χ1) is 7.54. The van der Waals surface area contributed by atoms with Crippen molar-refractivity contribution < 1.29 is 18.3 Å². The summed E-state index contributed by atoms with van der Waals surface area (Å²) < 4.78 is 30.3. The molecule has 0 spiro atoms. The monoisotopic (exact) mass is 229 g/mol. The molecule has 0 aromatic heterocycles. The lowest BCUT2D eigenvalue weighted by Crippen LogP contribution is -2.34. The molecular weight excluding hydrogens is 216 g/mol. The van der Waals surface area contributed by atoms with Crippen LogP contribution in [0.5, 0.6) is 0 Å². The van der Waals surface area contributed by atoms with Crippen molar-refractivity contribution >= 4 is 5.97 Å². The van der Waals surface area contributed by atoms with Gasteiger partial charge in [-0.05, 0) is 13.0 Å². The highest BCUT2D eigenvalue weighted by Gasteiger charge is 2.12. The van der Waals surface area contributed by atoms with Crippen LogP contribution in [0.15, 0.2) is 18.2 Å². The van der Waals surface area contributed by atoms with Crippen LogP contribution in [0.25, 0.3) is 0 Å². The molecule has 1 rings (SSSR count). The van der Waals surface area contributed by atoms with E-state index in [1.807, 2.05) is 0 Å². The Morgan fingerprint density at radius 2 is 2.19 bits per heavy atom. The number of methoxy groups -OCH3 is 1. The van der Waals surface area contributed by atoms with E-state index in [1.165, 1.54) is 19.2 Å².